The van der Waals surface area contributed by atoms with E-state index in [1.165, 1.54) is 19.9 Å². The van der Waals surface area contributed by atoms with Crippen molar-refractivity contribution in [2.45, 2.75) is 54.6 Å². The fourth-order valence-electron chi connectivity index (χ4n) is 3.77. The molecule has 0 unspecified atom stereocenters. The zero-order valence-electron chi connectivity index (χ0n) is 17.2. The SMILES string of the molecule is CC(C)(C1CC(NC(=O)[C@@H](N)c2ccccc2)C1)S(=O)(=O)c1cccc(C(F)(F)F)c1. The summed E-state index contributed by atoms with van der Waals surface area (Å²) in [5, 5.41) is 2.83. The third kappa shape index (κ3) is 4.62. The quantitative estimate of drug-likeness (QED) is 0.694. The Morgan fingerprint density at radius 3 is 2.26 bits per heavy atom. The molecule has 1 aliphatic carbocycles. The first-order valence-electron chi connectivity index (χ1n) is 9.87. The van der Waals surface area contributed by atoms with Gasteiger partial charge in [0.25, 0.3) is 0 Å². The van der Waals surface area contributed by atoms with Crippen molar-refractivity contribution in [3.05, 3.63) is 65.7 Å². The molecule has 0 bridgehead atoms. The van der Waals surface area contributed by atoms with E-state index in [1.807, 2.05) is 6.07 Å². The smallest absolute Gasteiger partial charge is 0.352 e. The van der Waals surface area contributed by atoms with Gasteiger partial charge in [0, 0.05) is 6.04 Å². The molecule has 0 radical (unpaired) electrons. The van der Waals surface area contributed by atoms with Crippen molar-refractivity contribution in [1.29, 1.82) is 0 Å². The third-order valence-corrected chi connectivity index (χ3v) is 8.67. The van der Waals surface area contributed by atoms with Crippen LogP contribution in [-0.2, 0) is 20.8 Å². The second kappa shape index (κ2) is 8.27. The molecule has 1 aliphatic rings. The Hall–Kier alpha value is -2.39. The first-order chi connectivity index (χ1) is 14.3. The van der Waals surface area contributed by atoms with E-state index >= 15 is 0 Å². The Morgan fingerprint density at radius 2 is 1.68 bits per heavy atom. The molecule has 0 saturated heterocycles. The maximum Gasteiger partial charge on any atom is 0.416 e. The van der Waals surface area contributed by atoms with Crippen LogP contribution in [0.4, 0.5) is 13.2 Å². The lowest BCUT2D eigenvalue weighted by Crippen LogP contribution is -2.54. The van der Waals surface area contributed by atoms with E-state index in [-0.39, 0.29) is 22.8 Å². The zero-order valence-corrected chi connectivity index (χ0v) is 18.0. The van der Waals surface area contributed by atoms with Gasteiger partial charge in [0.15, 0.2) is 9.84 Å². The van der Waals surface area contributed by atoms with Gasteiger partial charge in [-0.15, -0.1) is 0 Å². The van der Waals surface area contributed by atoms with Gasteiger partial charge in [0.05, 0.1) is 15.2 Å². The number of nitrogens with one attached hydrogen (secondary N) is 1. The van der Waals surface area contributed by atoms with E-state index in [4.69, 9.17) is 5.73 Å². The van der Waals surface area contributed by atoms with Crippen molar-refractivity contribution < 1.29 is 26.4 Å². The summed E-state index contributed by atoms with van der Waals surface area (Å²) < 4.78 is 63.9. The maximum atomic E-state index is 13.1. The molecule has 1 atom stereocenters. The molecular weight excluding hydrogens is 429 g/mol. The highest BCUT2D eigenvalue weighted by molar-refractivity contribution is 7.92. The van der Waals surface area contributed by atoms with Gasteiger partial charge < -0.3 is 11.1 Å². The first kappa shape index (κ1) is 23.3. The van der Waals surface area contributed by atoms with Gasteiger partial charge in [-0.2, -0.15) is 13.2 Å². The molecule has 0 spiro atoms. The van der Waals surface area contributed by atoms with Gasteiger partial charge >= 0.3 is 6.18 Å². The average molecular weight is 455 g/mol. The summed E-state index contributed by atoms with van der Waals surface area (Å²) in [4.78, 5) is 12.0. The summed E-state index contributed by atoms with van der Waals surface area (Å²) in [6, 6.07) is 11.6. The summed E-state index contributed by atoms with van der Waals surface area (Å²) in [6.45, 7) is 3.03. The standard InChI is InChI=1S/C22H25F3N2O3S/c1-21(2,31(29,30)18-10-6-9-15(13-18)22(23,24)25)16-11-17(12-16)27-20(28)19(26)14-7-4-3-5-8-14/h3-10,13,16-17,19H,11-12,26H2,1-2H3,(H,27,28)/t16?,17?,19-/m0/s1. The molecule has 31 heavy (non-hydrogen) atoms. The summed E-state index contributed by atoms with van der Waals surface area (Å²) in [6.07, 6.45) is -3.82. The molecule has 9 heteroatoms. The van der Waals surface area contributed by atoms with E-state index in [2.05, 4.69) is 5.32 Å². The van der Waals surface area contributed by atoms with Crippen molar-refractivity contribution in [3.63, 3.8) is 0 Å². The van der Waals surface area contributed by atoms with Crippen molar-refractivity contribution in [3.8, 4) is 0 Å². The lowest BCUT2D eigenvalue weighted by atomic mass is 9.73. The van der Waals surface area contributed by atoms with Crippen molar-refractivity contribution in [1.82, 2.24) is 5.32 Å². The van der Waals surface area contributed by atoms with Crippen LogP contribution in [0.3, 0.4) is 0 Å². The first-order valence-corrected chi connectivity index (χ1v) is 11.3. The largest absolute Gasteiger partial charge is 0.416 e. The van der Waals surface area contributed by atoms with Crippen LogP contribution in [0, 0.1) is 5.92 Å². The van der Waals surface area contributed by atoms with Gasteiger partial charge in [-0.05, 0) is 56.4 Å². The average Bonchev–Trinajstić information content (AvgIpc) is 2.69. The molecule has 1 saturated carbocycles. The topological polar surface area (TPSA) is 89.3 Å². The Balaban J connectivity index is 1.67. The summed E-state index contributed by atoms with van der Waals surface area (Å²) in [7, 11) is -4.03. The normalized spacial score (nSPS) is 20.6. The minimum atomic E-state index is -4.63. The number of hydrogen-bond acceptors (Lipinski definition) is 4. The minimum Gasteiger partial charge on any atom is -0.352 e. The number of hydrogen-bond donors (Lipinski definition) is 2. The fraction of sp³-hybridized carbons (Fsp3) is 0.409. The molecule has 0 aromatic heterocycles. The van der Waals surface area contributed by atoms with Crippen LogP contribution < -0.4 is 11.1 Å². The number of carbonyl (C=O) groups is 1. The van der Waals surface area contributed by atoms with E-state index in [9.17, 15) is 26.4 Å². The van der Waals surface area contributed by atoms with Gasteiger partial charge in [-0.1, -0.05) is 36.4 Å². The summed E-state index contributed by atoms with van der Waals surface area (Å²) in [5.74, 6) is -0.668. The number of amides is 1. The molecule has 3 rings (SSSR count). The zero-order chi connectivity index (χ0) is 23.0. The maximum absolute atomic E-state index is 13.1. The second-order valence-corrected chi connectivity index (χ2v) is 10.9. The Labute approximate surface area is 179 Å². The van der Waals surface area contributed by atoms with Crippen molar-refractivity contribution in [2.75, 3.05) is 0 Å². The van der Waals surface area contributed by atoms with Gasteiger partial charge in [-0.3, -0.25) is 4.79 Å². The van der Waals surface area contributed by atoms with Crippen LogP contribution in [0.5, 0.6) is 0 Å². The number of nitrogens with two attached hydrogens (primary N) is 1. The number of sulfone groups is 1. The number of halogens is 3. The summed E-state index contributed by atoms with van der Waals surface area (Å²) >= 11 is 0. The van der Waals surface area contributed by atoms with Crippen molar-refractivity contribution >= 4 is 15.7 Å². The second-order valence-electron chi connectivity index (χ2n) is 8.39. The van der Waals surface area contributed by atoms with Crippen LogP contribution >= 0.6 is 0 Å². The van der Waals surface area contributed by atoms with E-state index < -0.39 is 32.4 Å². The predicted octanol–water partition coefficient (Wildman–Crippen LogP) is 3.85. The predicted molar refractivity (Wildman–Crippen MR) is 111 cm³/mol. The van der Waals surface area contributed by atoms with Crippen molar-refractivity contribution in [2.24, 2.45) is 11.7 Å². The number of alkyl halides is 3. The van der Waals surface area contributed by atoms with Gasteiger partial charge in [0.1, 0.15) is 6.04 Å². The molecule has 2 aromatic carbocycles. The molecule has 1 amide bonds. The summed E-state index contributed by atoms with van der Waals surface area (Å²) in [5.41, 5.74) is 5.65. The molecule has 0 heterocycles. The molecule has 1 fully saturated rings. The molecule has 3 N–H and O–H groups in total. The van der Waals surface area contributed by atoms with Gasteiger partial charge in [0.2, 0.25) is 5.91 Å². The van der Waals surface area contributed by atoms with E-state index in [0.29, 0.717) is 24.5 Å². The number of carbonyl (C=O) groups excluding carboxylic acids is 1. The lowest BCUT2D eigenvalue weighted by Gasteiger charge is -2.45. The van der Waals surface area contributed by atoms with Crippen LogP contribution in [0.2, 0.25) is 0 Å². The lowest BCUT2D eigenvalue weighted by molar-refractivity contribution is -0.137. The third-order valence-electron chi connectivity index (χ3n) is 6.07. The van der Waals surface area contributed by atoms with Crippen LogP contribution in [0.25, 0.3) is 0 Å². The highest BCUT2D eigenvalue weighted by Crippen LogP contribution is 2.44. The highest BCUT2D eigenvalue weighted by atomic mass is 32.2. The van der Waals surface area contributed by atoms with Crippen LogP contribution in [-0.4, -0.2) is 25.1 Å². The molecule has 168 valence electrons. The Kier molecular flexibility index (Phi) is 6.21. The van der Waals surface area contributed by atoms with Crippen LogP contribution in [0.15, 0.2) is 59.5 Å². The van der Waals surface area contributed by atoms with E-state index in [1.54, 1.807) is 24.3 Å². The molecule has 0 aliphatic heterocycles. The molecule has 5 nitrogen and oxygen atoms in total. The Morgan fingerprint density at radius 1 is 1.06 bits per heavy atom. The fourth-order valence-corrected chi connectivity index (χ4v) is 5.55. The minimum absolute atomic E-state index is 0.233. The van der Waals surface area contributed by atoms with Crippen LogP contribution in [0.1, 0.15) is 43.9 Å². The molecule has 2 aromatic rings. The van der Waals surface area contributed by atoms with Gasteiger partial charge in [-0.25, -0.2) is 8.42 Å². The number of rotatable bonds is 6. The Bertz CT molecular complexity index is 1050. The number of benzene rings is 2. The van der Waals surface area contributed by atoms with E-state index in [0.717, 1.165) is 12.1 Å². The highest BCUT2D eigenvalue weighted by Gasteiger charge is 2.49. The monoisotopic (exact) mass is 454 g/mol. The molecular formula is C22H25F3N2O3S.